The molecule has 1 unspecified atom stereocenters. The molecule has 2 aliphatic rings. The summed E-state index contributed by atoms with van der Waals surface area (Å²) < 4.78 is 11.4. The summed E-state index contributed by atoms with van der Waals surface area (Å²) in [7, 11) is 1.72. The number of aliphatic hydroxyl groups excluding tert-OH is 1. The van der Waals surface area contributed by atoms with Gasteiger partial charge in [-0.05, 0) is 61.6 Å². The van der Waals surface area contributed by atoms with Crippen LogP contribution in [0, 0.1) is 0 Å². The molecule has 0 amide bonds. The first-order valence-electron chi connectivity index (χ1n) is 11.1. The zero-order valence-electron chi connectivity index (χ0n) is 18.2. The van der Waals surface area contributed by atoms with Crippen molar-refractivity contribution < 1.29 is 14.6 Å². The van der Waals surface area contributed by atoms with Gasteiger partial charge in [-0.25, -0.2) is 0 Å². The van der Waals surface area contributed by atoms with E-state index < -0.39 is 0 Å². The zero-order valence-corrected chi connectivity index (χ0v) is 18.2. The summed E-state index contributed by atoms with van der Waals surface area (Å²) in [6.07, 6.45) is 2.62. The molecule has 30 heavy (non-hydrogen) atoms. The highest BCUT2D eigenvalue weighted by Gasteiger charge is 2.22. The molecule has 0 saturated carbocycles. The Labute approximate surface area is 180 Å². The molecule has 0 aromatic heterocycles. The zero-order chi connectivity index (χ0) is 20.9. The second-order valence-corrected chi connectivity index (χ2v) is 8.67. The van der Waals surface area contributed by atoms with Crippen molar-refractivity contribution in [3.63, 3.8) is 0 Å². The molecule has 1 N–H and O–H groups in total. The number of ether oxygens (including phenoxy) is 2. The molecule has 2 aromatic rings. The normalized spacial score (nSPS) is 19.6. The molecule has 4 rings (SSSR count). The number of hydrogen-bond acceptors (Lipinski definition) is 5. The van der Waals surface area contributed by atoms with Gasteiger partial charge in [0.2, 0.25) is 0 Å². The van der Waals surface area contributed by atoms with E-state index in [-0.39, 0.29) is 6.10 Å². The third kappa shape index (κ3) is 5.34. The summed E-state index contributed by atoms with van der Waals surface area (Å²) in [5, 5.41) is 9.74. The van der Waals surface area contributed by atoms with Crippen LogP contribution in [0.25, 0.3) is 0 Å². The van der Waals surface area contributed by atoms with E-state index in [0.29, 0.717) is 6.04 Å². The van der Waals surface area contributed by atoms with Gasteiger partial charge in [-0.1, -0.05) is 18.2 Å². The van der Waals surface area contributed by atoms with Gasteiger partial charge < -0.3 is 14.6 Å². The highest BCUT2D eigenvalue weighted by molar-refractivity contribution is 5.38. The van der Waals surface area contributed by atoms with E-state index in [1.54, 1.807) is 7.11 Å². The van der Waals surface area contributed by atoms with Crippen LogP contribution >= 0.6 is 0 Å². The molecule has 1 saturated heterocycles. The van der Waals surface area contributed by atoms with Crippen molar-refractivity contribution in [1.82, 2.24) is 9.80 Å². The third-order valence-electron chi connectivity index (χ3n) is 6.39. The van der Waals surface area contributed by atoms with Gasteiger partial charge in [0.25, 0.3) is 0 Å². The molecule has 0 radical (unpaired) electrons. The SMILES string of the molecule is COc1cccc(CC(C)N2CCOc3ccc(CN4CCC(O)CC4)cc3C2)c1. The van der Waals surface area contributed by atoms with E-state index in [1.807, 2.05) is 6.07 Å². The van der Waals surface area contributed by atoms with Gasteiger partial charge in [-0.3, -0.25) is 9.80 Å². The fourth-order valence-corrected chi connectivity index (χ4v) is 4.55. The lowest BCUT2D eigenvalue weighted by Gasteiger charge is -2.30. The minimum atomic E-state index is -0.124. The number of fused-ring (bicyclic) bond motifs is 1. The Morgan fingerprint density at radius 1 is 1.10 bits per heavy atom. The van der Waals surface area contributed by atoms with Gasteiger partial charge in [0.15, 0.2) is 0 Å². The van der Waals surface area contributed by atoms with Gasteiger partial charge in [0, 0.05) is 44.3 Å². The van der Waals surface area contributed by atoms with Crippen LogP contribution in [0.15, 0.2) is 42.5 Å². The number of likely N-dealkylation sites (tertiary alicyclic amines) is 1. The molecule has 0 aliphatic carbocycles. The summed E-state index contributed by atoms with van der Waals surface area (Å²) in [4.78, 5) is 4.96. The van der Waals surface area contributed by atoms with E-state index in [0.717, 1.165) is 70.1 Å². The quantitative estimate of drug-likeness (QED) is 0.790. The topological polar surface area (TPSA) is 45.2 Å². The number of hydrogen-bond donors (Lipinski definition) is 1. The Bertz CT molecular complexity index is 833. The fraction of sp³-hybridized carbons (Fsp3) is 0.520. The molecule has 2 aliphatic heterocycles. The Balaban J connectivity index is 1.42. The summed E-state index contributed by atoms with van der Waals surface area (Å²) >= 11 is 0. The summed E-state index contributed by atoms with van der Waals surface area (Å²) in [5.74, 6) is 1.93. The van der Waals surface area contributed by atoms with Crippen LogP contribution in [0.5, 0.6) is 11.5 Å². The monoisotopic (exact) mass is 410 g/mol. The van der Waals surface area contributed by atoms with Gasteiger partial charge in [0.05, 0.1) is 13.2 Å². The van der Waals surface area contributed by atoms with Crippen LogP contribution in [0.4, 0.5) is 0 Å². The predicted molar refractivity (Wildman–Crippen MR) is 119 cm³/mol. The fourth-order valence-electron chi connectivity index (χ4n) is 4.55. The lowest BCUT2D eigenvalue weighted by atomic mass is 10.0. The van der Waals surface area contributed by atoms with Crippen molar-refractivity contribution in [3.8, 4) is 11.5 Å². The van der Waals surface area contributed by atoms with Crippen LogP contribution in [0.2, 0.25) is 0 Å². The average molecular weight is 411 g/mol. The van der Waals surface area contributed by atoms with Crippen LogP contribution in [-0.4, -0.2) is 60.4 Å². The first-order chi connectivity index (χ1) is 14.6. The predicted octanol–water partition coefficient (Wildman–Crippen LogP) is 3.48. The van der Waals surface area contributed by atoms with Gasteiger partial charge >= 0.3 is 0 Å². The van der Waals surface area contributed by atoms with Crippen LogP contribution < -0.4 is 9.47 Å². The van der Waals surface area contributed by atoms with E-state index in [1.165, 1.54) is 16.7 Å². The number of aliphatic hydroxyl groups is 1. The van der Waals surface area contributed by atoms with Crippen LogP contribution in [-0.2, 0) is 19.5 Å². The second-order valence-electron chi connectivity index (χ2n) is 8.67. The standard InChI is InChI=1S/C25H34N2O3/c1-19(14-20-4-3-5-24(16-20)29-2)27-12-13-30-25-7-6-21(15-22(25)18-27)17-26-10-8-23(28)9-11-26/h3-7,15-16,19,23,28H,8-14,17-18H2,1-2H3. The Hall–Kier alpha value is -2.08. The second kappa shape index (κ2) is 9.82. The maximum absolute atomic E-state index is 9.74. The Morgan fingerprint density at radius 2 is 1.93 bits per heavy atom. The highest BCUT2D eigenvalue weighted by atomic mass is 16.5. The molecular formula is C25H34N2O3. The third-order valence-corrected chi connectivity index (χ3v) is 6.39. The molecule has 5 nitrogen and oxygen atoms in total. The summed E-state index contributed by atoms with van der Waals surface area (Å²) in [6, 6.07) is 15.4. The van der Waals surface area contributed by atoms with Crippen molar-refractivity contribution in [2.45, 2.75) is 51.4 Å². The molecule has 2 heterocycles. The Kier molecular flexibility index (Phi) is 6.93. The lowest BCUT2D eigenvalue weighted by Crippen LogP contribution is -2.36. The Morgan fingerprint density at radius 3 is 2.73 bits per heavy atom. The number of nitrogens with zero attached hydrogens (tertiary/aromatic N) is 2. The average Bonchev–Trinajstić information content (AvgIpc) is 2.98. The van der Waals surface area contributed by atoms with E-state index in [4.69, 9.17) is 9.47 Å². The smallest absolute Gasteiger partial charge is 0.123 e. The first-order valence-corrected chi connectivity index (χ1v) is 11.1. The number of piperidine rings is 1. The van der Waals surface area contributed by atoms with Crippen molar-refractivity contribution in [2.75, 3.05) is 33.4 Å². The molecule has 0 spiro atoms. The first kappa shape index (κ1) is 21.2. The summed E-state index contributed by atoms with van der Waals surface area (Å²) in [5.41, 5.74) is 3.91. The van der Waals surface area contributed by atoms with E-state index in [2.05, 4.69) is 53.1 Å². The van der Waals surface area contributed by atoms with E-state index >= 15 is 0 Å². The molecule has 2 aromatic carbocycles. The highest BCUT2D eigenvalue weighted by Crippen LogP contribution is 2.27. The maximum atomic E-state index is 9.74. The maximum Gasteiger partial charge on any atom is 0.123 e. The number of methoxy groups -OCH3 is 1. The minimum absolute atomic E-state index is 0.124. The number of rotatable bonds is 6. The van der Waals surface area contributed by atoms with Gasteiger partial charge in [-0.15, -0.1) is 0 Å². The minimum Gasteiger partial charge on any atom is -0.497 e. The van der Waals surface area contributed by atoms with Crippen molar-refractivity contribution >= 4 is 0 Å². The number of benzene rings is 2. The molecule has 1 fully saturated rings. The molecule has 0 bridgehead atoms. The van der Waals surface area contributed by atoms with Crippen LogP contribution in [0.3, 0.4) is 0 Å². The van der Waals surface area contributed by atoms with Crippen molar-refractivity contribution in [2.24, 2.45) is 0 Å². The van der Waals surface area contributed by atoms with E-state index in [9.17, 15) is 5.11 Å². The van der Waals surface area contributed by atoms with Crippen molar-refractivity contribution in [3.05, 3.63) is 59.2 Å². The largest absolute Gasteiger partial charge is 0.497 e. The molecule has 162 valence electrons. The summed E-state index contributed by atoms with van der Waals surface area (Å²) in [6.45, 7) is 7.74. The molecule has 1 atom stereocenters. The van der Waals surface area contributed by atoms with Crippen molar-refractivity contribution in [1.29, 1.82) is 0 Å². The molecule has 5 heteroatoms. The van der Waals surface area contributed by atoms with Gasteiger partial charge in [-0.2, -0.15) is 0 Å². The van der Waals surface area contributed by atoms with Gasteiger partial charge in [0.1, 0.15) is 18.1 Å². The lowest BCUT2D eigenvalue weighted by molar-refractivity contribution is 0.0792. The van der Waals surface area contributed by atoms with Crippen LogP contribution in [0.1, 0.15) is 36.5 Å². The molecular weight excluding hydrogens is 376 g/mol.